The summed E-state index contributed by atoms with van der Waals surface area (Å²) in [5.41, 5.74) is -1.68. The van der Waals surface area contributed by atoms with Crippen LogP contribution in [-0.4, -0.2) is 67.5 Å². The van der Waals surface area contributed by atoms with Gasteiger partial charge in [-0.1, -0.05) is 0 Å². The van der Waals surface area contributed by atoms with Crippen LogP contribution in [0.5, 0.6) is 0 Å². The van der Waals surface area contributed by atoms with Crippen molar-refractivity contribution < 1.29 is 34.7 Å². The molecule has 0 aliphatic carbocycles. The third-order valence-electron chi connectivity index (χ3n) is 3.44. The van der Waals surface area contributed by atoms with E-state index in [2.05, 4.69) is 0 Å². The van der Waals surface area contributed by atoms with Crippen LogP contribution in [0, 0.1) is 6.92 Å². The van der Waals surface area contributed by atoms with Crippen molar-refractivity contribution >= 4 is 5.97 Å². The van der Waals surface area contributed by atoms with Gasteiger partial charge < -0.3 is 29.9 Å². The predicted molar refractivity (Wildman–Crippen MR) is 71.6 cm³/mol. The molecule has 23 heavy (non-hydrogen) atoms. The third kappa shape index (κ3) is 2.92. The molecule has 1 aromatic rings. The molecule has 1 aliphatic rings. The van der Waals surface area contributed by atoms with Crippen molar-refractivity contribution in [3.8, 4) is 0 Å². The van der Waals surface area contributed by atoms with Crippen LogP contribution in [-0.2, 0) is 20.2 Å². The number of nitrogens with one attached hydrogen (secondary N) is 1. The molecule has 0 amide bonds. The van der Waals surface area contributed by atoms with Gasteiger partial charge in [0.2, 0.25) is 0 Å². The number of carbonyl (C=O) groups is 1. The highest BCUT2D eigenvalue weighted by molar-refractivity contribution is 5.68. The number of hydrogen-bond acceptors (Lipinski definition) is 8. The number of aryl methyl sites for hydroxylation is 1. The smallest absolute Gasteiger partial charge is 0.332 e. The van der Waals surface area contributed by atoms with E-state index in [0.717, 1.165) is 6.20 Å². The number of aliphatic hydroxyl groups is 3. The van der Waals surface area contributed by atoms with Gasteiger partial charge in [-0.05, 0) is 6.92 Å². The summed E-state index contributed by atoms with van der Waals surface area (Å²) >= 11 is 0. The summed E-state index contributed by atoms with van der Waals surface area (Å²) in [5.74, 6) is -3.83. The molecule has 0 unspecified atom stereocenters. The molecule has 5 N–H and O–H groups in total. The Labute approximate surface area is 128 Å². The Morgan fingerprint density at radius 2 is 2.13 bits per heavy atom. The fraction of sp³-hybridized carbons (Fsp3) is 0.583. The van der Waals surface area contributed by atoms with Crippen LogP contribution < -0.4 is 11.2 Å². The first kappa shape index (κ1) is 17.3. The highest BCUT2D eigenvalue weighted by Crippen LogP contribution is 2.35. The number of H-pyrrole nitrogens is 1. The molecule has 1 saturated heterocycles. The van der Waals surface area contributed by atoms with Crippen molar-refractivity contribution in [3.63, 3.8) is 0 Å². The van der Waals surface area contributed by atoms with Gasteiger partial charge >= 0.3 is 11.7 Å². The van der Waals surface area contributed by atoms with E-state index < -0.39 is 54.7 Å². The maximum atomic E-state index is 12.0. The first-order valence-electron chi connectivity index (χ1n) is 6.56. The minimum absolute atomic E-state index is 0.0561. The molecule has 4 atom stereocenters. The number of aliphatic carboxylic acids is 1. The molecular formula is C12H16N2O9. The van der Waals surface area contributed by atoms with Gasteiger partial charge in [-0.2, -0.15) is 0 Å². The number of carboxylic acid groups (broad SMARTS) is 1. The molecule has 1 aromatic heterocycles. The van der Waals surface area contributed by atoms with Crippen molar-refractivity contribution in [3.05, 3.63) is 32.6 Å². The lowest BCUT2D eigenvalue weighted by Crippen LogP contribution is -2.54. The van der Waals surface area contributed by atoms with Crippen LogP contribution in [0.4, 0.5) is 0 Å². The molecule has 2 heterocycles. The Morgan fingerprint density at radius 1 is 1.48 bits per heavy atom. The molecule has 0 spiro atoms. The summed E-state index contributed by atoms with van der Waals surface area (Å²) in [7, 11) is 0. The van der Waals surface area contributed by atoms with Crippen LogP contribution in [0.15, 0.2) is 15.8 Å². The highest BCUT2D eigenvalue weighted by atomic mass is 16.8. The fourth-order valence-corrected chi connectivity index (χ4v) is 2.27. The fourth-order valence-electron chi connectivity index (χ4n) is 2.27. The van der Waals surface area contributed by atoms with Crippen LogP contribution in [0.25, 0.3) is 0 Å². The molecule has 11 nitrogen and oxygen atoms in total. The normalized spacial score (nSPS) is 30.5. The molecule has 0 saturated carbocycles. The van der Waals surface area contributed by atoms with Gasteiger partial charge in [0, 0.05) is 11.8 Å². The van der Waals surface area contributed by atoms with E-state index in [-0.39, 0.29) is 5.56 Å². The maximum Gasteiger partial charge on any atom is 0.332 e. The zero-order valence-corrected chi connectivity index (χ0v) is 12.0. The molecule has 11 heteroatoms. The predicted octanol–water partition coefficient (Wildman–Crippen LogP) is -3.33. The zero-order chi connectivity index (χ0) is 17.4. The van der Waals surface area contributed by atoms with Crippen molar-refractivity contribution in [2.24, 2.45) is 0 Å². The molecule has 0 radical (unpaired) electrons. The number of carboxylic acids is 1. The zero-order valence-electron chi connectivity index (χ0n) is 12.0. The van der Waals surface area contributed by atoms with E-state index in [9.17, 15) is 24.6 Å². The summed E-state index contributed by atoms with van der Waals surface area (Å²) < 4.78 is 10.9. The second-order valence-electron chi connectivity index (χ2n) is 5.03. The van der Waals surface area contributed by atoms with E-state index in [4.69, 9.17) is 19.7 Å². The van der Waals surface area contributed by atoms with E-state index in [1.54, 1.807) is 0 Å². The number of rotatable bonds is 5. The average Bonchev–Trinajstić information content (AvgIpc) is 2.74. The Hall–Kier alpha value is -2.05. The number of nitrogens with zero attached hydrogens (tertiary/aromatic N) is 1. The first-order valence-corrected chi connectivity index (χ1v) is 6.56. The second-order valence-corrected chi connectivity index (χ2v) is 5.03. The molecule has 0 bridgehead atoms. The lowest BCUT2D eigenvalue weighted by Gasteiger charge is -2.32. The quantitative estimate of drug-likeness (QED) is 0.370. The topological polar surface area (TPSA) is 171 Å². The average molecular weight is 332 g/mol. The van der Waals surface area contributed by atoms with Crippen LogP contribution in [0.2, 0.25) is 0 Å². The maximum absolute atomic E-state index is 12.0. The second kappa shape index (κ2) is 6.22. The Balaban J connectivity index is 2.60. The third-order valence-corrected chi connectivity index (χ3v) is 3.44. The van der Waals surface area contributed by atoms with E-state index in [0.29, 0.717) is 4.57 Å². The summed E-state index contributed by atoms with van der Waals surface area (Å²) in [6.45, 7) is -0.318. The van der Waals surface area contributed by atoms with E-state index >= 15 is 0 Å². The van der Waals surface area contributed by atoms with E-state index in [1.807, 2.05) is 4.98 Å². The van der Waals surface area contributed by atoms with Gasteiger partial charge in [0.1, 0.15) is 18.8 Å². The number of ether oxygens (including phenoxy) is 2. The summed E-state index contributed by atoms with van der Waals surface area (Å²) in [5, 5.41) is 38.0. The Bertz CT molecular complexity index is 711. The SMILES string of the molecule is Cc1cn([C@]2(OCC(=O)O)O[C@H](CO)[C@@H](O)[C@H]2O)c(=O)[nH]c1=O. The van der Waals surface area contributed by atoms with E-state index in [1.165, 1.54) is 6.92 Å². The number of hydrogen-bond donors (Lipinski definition) is 5. The summed E-state index contributed by atoms with van der Waals surface area (Å²) in [6.07, 6.45) is -3.86. The molecule has 0 aromatic carbocycles. The van der Waals surface area contributed by atoms with Crippen LogP contribution >= 0.6 is 0 Å². The van der Waals surface area contributed by atoms with Gasteiger partial charge in [0.05, 0.1) is 6.61 Å². The van der Waals surface area contributed by atoms with Gasteiger partial charge in [-0.3, -0.25) is 9.78 Å². The molecular weight excluding hydrogens is 316 g/mol. The minimum Gasteiger partial charge on any atom is -0.480 e. The van der Waals surface area contributed by atoms with Crippen LogP contribution in [0.1, 0.15) is 5.56 Å². The van der Waals surface area contributed by atoms with Crippen molar-refractivity contribution in [1.82, 2.24) is 9.55 Å². The number of aliphatic hydroxyl groups excluding tert-OH is 3. The molecule has 1 fully saturated rings. The monoisotopic (exact) mass is 332 g/mol. The van der Waals surface area contributed by atoms with Gasteiger partial charge in [-0.15, -0.1) is 0 Å². The molecule has 128 valence electrons. The van der Waals surface area contributed by atoms with Gasteiger partial charge in [0.25, 0.3) is 11.5 Å². The highest BCUT2D eigenvalue weighted by Gasteiger charge is 2.57. The largest absolute Gasteiger partial charge is 0.480 e. The minimum atomic E-state index is -2.41. The lowest BCUT2D eigenvalue weighted by atomic mass is 10.1. The summed E-state index contributed by atoms with van der Waals surface area (Å²) in [4.78, 5) is 36.2. The standard InChI is InChI=1S/C12H16N2O9/c1-5-2-14(11(21)13-10(5)20)12(22-4-7(16)17)9(19)8(18)6(3-15)23-12/h2,6,8-9,15,18-19H,3-4H2,1H3,(H,16,17)(H,13,20,21)/t6-,8-,9-,12-/m1/s1. The van der Waals surface area contributed by atoms with Crippen molar-refractivity contribution in [1.29, 1.82) is 0 Å². The lowest BCUT2D eigenvalue weighted by molar-refractivity contribution is -0.316. The van der Waals surface area contributed by atoms with Gasteiger partial charge in [-0.25, -0.2) is 14.2 Å². The summed E-state index contributed by atoms with van der Waals surface area (Å²) in [6, 6.07) is 0. The first-order chi connectivity index (χ1) is 10.7. The van der Waals surface area contributed by atoms with Crippen molar-refractivity contribution in [2.45, 2.75) is 31.1 Å². The Kier molecular flexibility index (Phi) is 4.68. The number of aromatic nitrogens is 2. The Morgan fingerprint density at radius 3 is 2.65 bits per heavy atom. The molecule has 1 aliphatic heterocycles. The van der Waals surface area contributed by atoms with Gasteiger partial charge in [0.15, 0.2) is 6.10 Å². The van der Waals surface area contributed by atoms with Crippen molar-refractivity contribution in [2.75, 3.05) is 13.2 Å². The number of aromatic amines is 1. The molecule has 2 rings (SSSR count). The van der Waals surface area contributed by atoms with Crippen LogP contribution in [0.3, 0.4) is 0 Å².